The van der Waals surface area contributed by atoms with E-state index in [0.717, 1.165) is 17.0 Å². The summed E-state index contributed by atoms with van der Waals surface area (Å²) in [5.41, 5.74) is 1.52. The molecule has 2 aromatic rings. The first-order valence-corrected chi connectivity index (χ1v) is 6.36. The highest BCUT2D eigenvalue weighted by Crippen LogP contribution is 2.30. The van der Waals surface area contributed by atoms with E-state index in [1.165, 1.54) is 0 Å². The summed E-state index contributed by atoms with van der Waals surface area (Å²) >= 11 is 6.22. The van der Waals surface area contributed by atoms with Gasteiger partial charge >= 0.3 is 0 Å². The average Bonchev–Trinajstić information content (AvgIpc) is 2.66. The SMILES string of the molecule is COc1ccc2nc(C(C)Cl)n(C(C)(C)C)c2n1. The minimum atomic E-state index is -0.163. The third-order valence-corrected chi connectivity index (χ3v) is 2.94. The molecule has 0 saturated carbocycles. The Morgan fingerprint density at radius 3 is 2.44 bits per heavy atom. The Morgan fingerprint density at radius 1 is 1.28 bits per heavy atom. The highest BCUT2D eigenvalue weighted by molar-refractivity contribution is 6.20. The molecule has 0 N–H and O–H groups in total. The van der Waals surface area contributed by atoms with Gasteiger partial charge in [-0.2, -0.15) is 4.98 Å². The first-order chi connectivity index (χ1) is 8.34. The van der Waals surface area contributed by atoms with Gasteiger partial charge in [0, 0.05) is 11.6 Å². The second kappa shape index (κ2) is 4.43. The molecule has 0 radical (unpaired) electrons. The molecule has 1 unspecified atom stereocenters. The van der Waals surface area contributed by atoms with Crippen LogP contribution >= 0.6 is 11.6 Å². The fraction of sp³-hybridized carbons (Fsp3) is 0.538. The maximum absolute atomic E-state index is 6.22. The van der Waals surface area contributed by atoms with Crippen molar-refractivity contribution in [2.24, 2.45) is 0 Å². The lowest BCUT2D eigenvalue weighted by atomic mass is 10.1. The minimum Gasteiger partial charge on any atom is -0.481 e. The van der Waals surface area contributed by atoms with Crippen LogP contribution in [0.25, 0.3) is 11.2 Å². The molecule has 2 rings (SSSR count). The summed E-state index contributed by atoms with van der Waals surface area (Å²) in [6.45, 7) is 8.25. The summed E-state index contributed by atoms with van der Waals surface area (Å²) in [5.74, 6) is 1.42. The Hall–Kier alpha value is -1.29. The molecule has 0 spiro atoms. The molecule has 0 aliphatic carbocycles. The van der Waals surface area contributed by atoms with E-state index in [2.05, 4.69) is 35.3 Å². The predicted molar refractivity (Wildman–Crippen MR) is 73.3 cm³/mol. The maximum Gasteiger partial charge on any atom is 0.215 e. The molecule has 1 atom stereocenters. The van der Waals surface area contributed by atoms with Crippen LogP contribution in [0.4, 0.5) is 0 Å². The molecule has 18 heavy (non-hydrogen) atoms. The molecule has 0 fully saturated rings. The van der Waals surface area contributed by atoms with E-state index < -0.39 is 0 Å². The van der Waals surface area contributed by atoms with Crippen molar-refractivity contribution in [3.63, 3.8) is 0 Å². The minimum absolute atomic E-state index is 0.132. The predicted octanol–water partition coefficient (Wildman–Crippen LogP) is 3.49. The molecule has 2 aromatic heterocycles. The van der Waals surface area contributed by atoms with E-state index in [1.54, 1.807) is 7.11 Å². The monoisotopic (exact) mass is 267 g/mol. The van der Waals surface area contributed by atoms with Gasteiger partial charge in [-0.05, 0) is 33.8 Å². The normalized spacial score (nSPS) is 13.9. The van der Waals surface area contributed by atoms with Crippen LogP contribution in [-0.2, 0) is 5.54 Å². The number of fused-ring (bicyclic) bond motifs is 1. The van der Waals surface area contributed by atoms with Gasteiger partial charge in [0.15, 0.2) is 5.65 Å². The second-order valence-corrected chi connectivity index (χ2v) is 5.94. The van der Waals surface area contributed by atoms with Crippen molar-refractivity contribution in [1.82, 2.24) is 14.5 Å². The van der Waals surface area contributed by atoms with Gasteiger partial charge in [-0.15, -0.1) is 11.6 Å². The number of hydrogen-bond donors (Lipinski definition) is 0. The number of halogens is 1. The van der Waals surface area contributed by atoms with Gasteiger partial charge in [-0.1, -0.05) is 0 Å². The molecule has 98 valence electrons. The molecule has 0 saturated heterocycles. The van der Waals surface area contributed by atoms with Crippen LogP contribution in [0.15, 0.2) is 12.1 Å². The molecule has 0 aliphatic rings. The van der Waals surface area contributed by atoms with Crippen molar-refractivity contribution in [3.8, 4) is 5.88 Å². The number of methoxy groups -OCH3 is 1. The van der Waals surface area contributed by atoms with Crippen LogP contribution in [0, 0.1) is 0 Å². The summed E-state index contributed by atoms with van der Waals surface area (Å²) in [6.07, 6.45) is 0. The van der Waals surface area contributed by atoms with Crippen LogP contribution in [0.5, 0.6) is 5.88 Å². The maximum atomic E-state index is 6.22. The number of imidazole rings is 1. The third kappa shape index (κ3) is 2.17. The molecule has 4 nitrogen and oxygen atoms in total. The number of rotatable bonds is 2. The van der Waals surface area contributed by atoms with Crippen LogP contribution in [-0.4, -0.2) is 21.6 Å². The molecular formula is C13H18ClN3O. The summed E-state index contributed by atoms with van der Waals surface area (Å²) in [4.78, 5) is 9.05. The Labute approximate surface area is 112 Å². The number of pyridine rings is 1. The van der Waals surface area contributed by atoms with Crippen molar-refractivity contribution in [3.05, 3.63) is 18.0 Å². The number of hydrogen-bond acceptors (Lipinski definition) is 3. The molecule has 0 amide bonds. The van der Waals surface area contributed by atoms with Crippen molar-refractivity contribution in [2.75, 3.05) is 7.11 Å². The number of alkyl halides is 1. The molecule has 0 aliphatic heterocycles. The Balaban J connectivity index is 2.79. The van der Waals surface area contributed by atoms with Crippen LogP contribution < -0.4 is 4.74 Å². The van der Waals surface area contributed by atoms with Gasteiger partial charge in [-0.25, -0.2) is 4.98 Å². The lowest BCUT2D eigenvalue weighted by molar-refractivity contribution is 0.383. The van der Waals surface area contributed by atoms with Crippen molar-refractivity contribution >= 4 is 22.8 Å². The van der Waals surface area contributed by atoms with Gasteiger partial charge in [0.2, 0.25) is 5.88 Å². The Kier molecular flexibility index (Phi) is 3.23. The lowest BCUT2D eigenvalue weighted by Gasteiger charge is -2.24. The van der Waals surface area contributed by atoms with E-state index >= 15 is 0 Å². The highest BCUT2D eigenvalue weighted by atomic mass is 35.5. The number of ether oxygens (including phenoxy) is 1. The van der Waals surface area contributed by atoms with Gasteiger partial charge in [-0.3, -0.25) is 0 Å². The zero-order chi connectivity index (χ0) is 13.5. The first kappa shape index (κ1) is 13.1. The molecule has 5 heteroatoms. The zero-order valence-electron chi connectivity index (χ0n) is 11.4. The number of nitrogens with zero attached hydrogens (tertiary/aromatic N) is 3. The molecule has 0 aromatic carbocycles. The topological polar surface area (TPSA) is 39.9 Å². The fourth-order valence-corrected chi connectivity index (χ4v) is 2.15. The molecule has 2 heterocycles. The summed E-state index contributed by atoms with van der Waals surface area (Å²) in [6, 6.07) is 3.72. The van der Waals surface area contributed by atoms with Gasteiger partial charge < -0.3 is 9.30 Å². The standard InChI is InChI=1S/C13H18ClN3O/c1-8(14)11-15-9-6-7-10(18-5)16-12(9)17(11)13(2,3)4/h6-8H,1-5H3. The summed E-state index contributed by atoms with van der Waals surface area (Å²) in [5, 5.41) is -0.163. The van der Waals surface area contributed by atoms with E-state index in [0.29, 0.717) is 5.88 Å². The highest BCUT2D eigenvalue weighted by Gasteiger charge is 2.24. The first-order valence-electron chi connectivity index (χ1n) is 5.92. The lowest BCUT2D eigenvalue weighted by Crippen LogP contribution is -2.24. The van der Waals surface area contributed by atoms with Gasteiger partial charge in [0.1, 0.15) is 11.3 Å². The van der Waals surface area contributed by atoms with Crippen LogP contribution in [0.3, 0.4) is 0 Å². The largest absolute Gasteiger partial charge is 0.481 e. The van der Waals surface area contributed by atoms with Gasteiger partial charge in [0.25, 0.3) is 0 Å². The molecular weight excluding hydrogens is 250 g/mol. The van der Waals surface area contributed by atoms with E-state index in [1.807, 2.05) is 19.1 Å². The zero-order valence-corrected chi connectivity index (χ0v) is 12.1. The van der Waals surface area contributed by atoms with Crippen LogP contribution in [0.2, 0.25) is 0 Å². The second-order valence-electron chi connectivity index (χ2n) is 5.29. The summed E-state index contributed by atoms with van der Waals surface area (Å²) < 4.78 is 7.25. The average molecular weight is 268 g/mol. The Bertz CT molecular complexity index is 569. The quantitative estimate of drug-likeness (QED) is 0.782. The molecule has 0 bridgehead atoms. The van der Waals surface area contributed by atoms with E-state index in [-0.39, 0.29) is 10.9 Å². The number of aromatic nitrogens is 3. The smallest absolute Gasteiger partial charge is 0.215 e. The summed E-state index contributed by atoms with van der Waals surface area (Å²) in [7, 11) is 1.61. The van der Waals surface area contributed by atoms with Crippen LogP contribution in [0.1, 0.15) is 38.9 Å². The third-order valence-electron chi connectivity index (χ3n) is 2.74. The fourth-order valence-electron chi connectivity index (χ4n) is 2.00. The van der Waals surface area contributed by atoms with Crippen molar-refractivity contribution in [2.45, 2.75) is 38.6 Å². The van der Waals surface area contributed by atoms with Gasteiger partial charge in [0.05, 0.1) is 12.5 Å². The van der Waals surface area contributed by atoms with Crippen molar-refractivity contribution < 1.29 is 4.74 Å². The van der Waals surface area contributed by atoms with Crippen molar-refractivity contribution in [1.29, 1.82) is 0 Å². The Morgan fingerprint density at radius 2 is 1.94 bits per heavy atom. The van der Waals surface area contributed by atoms with E-state index in [4.69, 9.17) is 16.3 Å². The van der Waals surface area contributed by atoms with E-state index in [9.17, 15) is 0 Å².